The minimum Gasteiger partial charge on any atom is -0.465 e. The van der Waals surface area contributed by atoms with E-state index in [2.05, 4.69) is 9.47 Å². The number of benzene rings is 1. The third kappa shape index (κ3) is 4.04. The predicted octanol–water partition coefficient (Wildman–Crippen LogP) is 0.879. The zero-order valence-electron chi connectivity index (χ0n) is 8.94. The molecule has 1 aromatic rings. The van der Waals surface area contributed by atoms with Crippen LogP contribution in [0.5, 0.6) is 0 Å². The second-order valence-electron chi connectivity index (χ2n) is 2.56. The van der Waals surface area contributed by atoms with Gasteiger partial charge in [0.25, 0.3) is 0 Å². The van der Waals surface area contributed by atoms with Crippen molar-refractivity contribution in [1.29, 1.82) is 0 Å². The van der Waals surface area contributed by atoms with Crippen LogP contribution in [-0.4, -0.2) is 77.5 Å². The first-order valence-corrected chi connectivity index (χ1v) is 3.95. The van der Waals surface area contributed by atoms with Crippen LogP contribution in [0.15, 0.2) is 24.3 Å². The average Bonchev–Trinajstić information content (AvgIpc) is 2.27. The van der Waals surface area contributed by atoms with Gasteiger partial charge in [0.15, 0.2) is 0 Å². The summed E-state index contributed by atoms with van der Waals surface area (Å²) in [5, 5.41) is 0. The minimum atomic E-state index is -0.476. The molecule has 15 heavy (non-hydrogen) atoms. The molecule has 0 saturated heterocycles. The molecule has 0 amide bonds. The Morgan fingerprint density at radius 1 is 1.00 bits per heavy atom. The summed E-state index contributed by atoms with van der Waals surface area (Å²) in [5.74, 6) is -0.952. The summed E-state index contributed by atoms with van der Waals surface area (Å²) >= 11 is 0. The third-order valence-electron chi connectivity index (χ3n) is 1.70. The van der Waals surface area contributed by atoms with Crippen molar-refractivity contribution in [2.75, 3.05) is 14.2 Å². The summed E-state index contributed by atoms with van der Waals surface area (Å²) in [6.45, 7) is 0. The number of hydrogen-bond donors (Lipinski definition) is 0. The molecule has 0 N–H and O–H groups in total. The van der Waals surface area contributed by atoms with Crippen LogP contribution in [-0.2, 0) is 9.47 Å². The molecule has 0 fully saturated rings. The first kappa shape index (κ1) is 14.8. The Balaban J connectivity index is 0.00000196. The number of esters is 2. The monoisotopic (exact) mass is 233 g/mol. The Hall–Kier alpha value is -0.204. The summed E-state index contributed by atoms with van der Waals surface area (Å²) in [6, 6.07) is 6.16. The van der Waals surface area contributed by atoms with Crippen LogP contribution in [0.3, 0.4) is 0 Å². The maximum atomic E-state index is 11.1. The van der Waals surface area contributed by atoms with Crippen LogP contribution in [0.2, 0.25) is 0 Å². The molecule has 0 heterocycles. The van der Waals surface area contributed by atoms with E-state index in [9.17, 15) is 9.59 Å². The van der Waals surface area contributed by atoms with Crippen molar-refractivity contribution >= 4 is 63.3 Å². The van der Waals surface area contributed by atoms with Gasteiger partial charge >= 0.3 is 11.9 Å². The maximum Gasteiger partial charge on any atom is 0.337 e. The molecule has 1 aromatic carbocycles. The molecular weight excluding hydrogens is 223 g/mol. The van der Waals surface area contributed by atoms with E-state index in [1.165, 1.54) is 20.3 Å². The van der Waals surface area contributed by atoms with Gasteiger partial charge in [-0.25, -0.2) is 9.59 Å². The van der Waals surface area contributed by atoms with E-state index in [-0.39, 0.29) is 51.4 Å². The van der Waals surface area contributed by atoms with Gasteiger partial charge in [0.1, 0.15) is 0 Å². The molecule has 0 aromatic heterocycles. The SMILES string of the molecule is COC(=O)c1cccc(C(=O)OC)c1.[K]. The van der Waals surface area contributed by atoms with E-state index in [1.54, 1.807) is 18.2 Å². The van der Waals surface area contributed by atoms with Crippen molar-refractivity contribution in [3.05, 3.63) is 35.4 Å². The molecule has 1 rings (SSSR count). The molecular formula is C10H10KO4. The summed E-state index contributed by atoms with van der Waals surface area (Å²) in [6.07, 6.45) is 0. The molecule has 0 aliphatic rings. The van der Waals surface area contributed by atoms with Gasteiger partial charge in [-0.2, -0.15) is 0 Å². The van der Waals surface area contributed by atoms with Gasteiger partial charge in [0.2, 0.25) is 0 Å². The summed E-state index contributed by atoms with van der Waals surface area (Å²) in [5.41, 5.74) is 0.658. The van der Waals surface area contributed by atoms with E-state index in [4.69, 9.17) is 0 Å². The fraction of sp³-hybridized carbons (Fsp3) is 0.200. The Morgan fingerprint density at radius 2 is 1.40 bits per heavy atom. The standard InChI is InChI=1S/C10H10O4.K/c1-13-9(11)7-4-3-5-8(6-7)10(12)14-2;/h3-6H,1-2H3;. The molecule has 0 unspecified atom stereocenters. The van der Waals surface area contributed by atoms with Gasteiger partial charge in [0.05, 0.1) is 25.3 Å². The Labute approximate surface area is 130 Å². The van der Waals surface area contributed by atoms with Gasteiger partial charge in [-0.3, -0.25) is 0 Å². The smallest absolute Gasteiger partial charge is 0.337 e. The largest absolute Gasteiger partial charge is 0.465 e. The van der Waals surface area contributed by atoms with Gasteiger partial charge < -0.3 is 9.47 Å². The fourth-order valence-corrected chi connectivity index (χ4v) is 1.01. The number of ether oxygens (including phenoxy) is 2. The Morgan fingerprint density at radius 3 is 1.73 bits per heavy atom. The van der Waals surface area contributed by atoms with Gasteiger partial charge in [0, 0.05) is 51.4 Å². The Kier molecular flexibility index (Phi) is 7.04. The van der Waals surface area contributed by atoms with Crippen molar-refractivity contribution in [1.82, 2.24) is 0 Å². The summed E-state index contributed by atoms with van der Waals surface area (Å²) in [7, 11) is 2.57. The van der Waals surface area contributed by atoms with E-state index >= 15 is 0 Å². The van der Waals surface area contributed by atoms with Crippen molar-refractivity contribution in [2.24, 2.45) is 0 Å². The fourth-order valence-electron chi connectivity index (χ4n) is 1.01. The van der Waals surface area contributed by atoms with E-state index < -0.39 is 11.9 Å². The van der Waals surface area contributed by atoms with Crippen molar-refractivity contribution in [2.45, 2.75) is 0 Å². The van der Waals surface area contributed by atoms with Crippen LogP contribution >= 0.6 is 0 Å². The first-order valence-electron chi connectivity index (χ1n) is 3.95. The van der Waals surface area contributed by atoms with Gasteiger partial charge in [-0.15, -0.1) is 0 Å². The normalized spacial score (nSPS) is 8.67. The molecule has 0 spiro atoms. The van der Waals surface area contributed by atoms with Gasteiger partial charge in [-0.1, -0.05) is 6.07 Å². The van der Waals surface area contributed by atoms with Crippen molar-refractivity contribution < 1.29 is 19.1 Å². The summed E-state index contributed by atoms with van der Waals surface area (Å²) < 4.78 is 9.03. The first-order chi connectivity index (χ1) is 6.69. The quantitative estimate of drug-likeness (QED) is 0.562. The maximum absolute atomic E-state index is 11.1. The molecule has 0 saturated carbocycles. The molecule has 5 heteroatoms. The second kappa shape index (κ2) is 7.13. The third-order valence-corrected chi connectivity index (χ3v) is 1.70. The van der Waals surface area contributed by atoms with E-state index in [0.29, 0.717) is 11.1 Å². The predicted molar refractivity (Wildman–Crippen MR) is 54.9 cm³/mol. The number of rotatable bonds is 2. The van der Waals surface area contributed by atoms with Crippen molar-refractivity contribution in [3.63, 3.8) is 0 Å². The van der Waals surface area contributed by atoms with Gasteiger partial charge in [-0.05, 0) is 18.2 Å². The zero-order valence-corrected chi connectivity index (χ0v) is 12.1. The number of hydrogen-bond acceptors (Lipinski definition) is 4. The molecule has 4 nitrogen and oxygen atoms in total. The van der Waals surface area contributed by atoms with Crippen LogP contribution in [0.25, 0.3) is 0 Å². The van der Waals surface area contributed by atoms with Crippen LogP contribution in [0.1, 0.15) is 20.7 Å². The molecule has 0 aliphatic heterocycles. The minimum absolute atomic E-state index is 0. The molecule has 1 radical (unpaired) electrons. The van der Waals surface area contributed by atoms with Crippen LogP contribution in [0.4, 0.5) is 0 Å². The van der Waals surface area contributed by atoms with E-state index in [1.807, 2.05) is 0 Å². The van der Waals surface area contributed by atoms with E-state index in [0.717, 1.165) is 0 Å². The number of carbonyl (C=O) groups excluding carboxylic acids is 2. The zero-order chi connectivity index (χ0) is 10.6. The topological polar surface area (TPSA) is 52.6 Å². The van der Waals surface area contributed by atoms with Crippen LogP contribution < -0.4 is 0 Å². The average molecular weight is 233 g/mol. The number of carbonyl (C=O) groups is 2. The van der Waals surface area contributed by atoms with Crippen LogP contribution in [0, 0.1) is 0 Å². The second-order valence-corrected chi connectivity index (χ2v) is 2.56. The van der Waals surface area contributed by atoms with Crippen molar-refractivity contribution in [3.8, 4) is 0 Å². The molecule has 0 atom stereocenters. The Bertz CT molecular complexity index is 331. The molecule has 75 valence electrons. The molecule has 0 bridgehead atoms. The molecule has 0 aliphatic carbocycles. The summed E-state index contributed by atoms with van der Waals surface area (Å²) in [4.78, 5) is 22.2. The number of methoxy groups -OCH3 is 2.